The number of H-pyrrole nitrogens is 1. The maximum absolute atomic E-state index is 13.5. The zero-order chi connectivity index (χ0) is 28.4. The number of aryl methyl sites for hydroxylation is 1. The third-order valence-corrected chi connectivity index (χ3v) is 9.25. The van der Waals surface area contributed by atoms with Gasteiger partial charge in [0, 0.05) is 51.5 Å². The third kappa shape index (κ3) is 5.41. The molecule has 0 radical (unpaired) electrons. The van der Waals surface area contributed by atoms with E-state index in [-0.39, 0.29) is 22.0 Å². The normalized spacial score (nSPS) is 15.2. The molecule has 2 aromatic heterocycles. The van der Waals surface area contributed by atoms with Gasteiger partial charge in [0.1, 0.15) is 11.3 Å². The fraction of sp³-hybridized carbons (Fsp3) is 0.379. The third-order valence-electron chi connectivity index (χ3n) is 7.33. The second-order valence-electron chi connectivity index (χ2n) is 10.2. The highest BCUT2D eigenvalue weighted by Gasteiger charge is 2.28. The van der Waals surface area contributed by atoms with Gasteiger partial charge >= 0.3 is 5.69 Å². The van der Waals surface area contributed by atoms with E-state index in [9.17, 15) is 22.4 Å². The lowest BCUT2D eigenvalue weighted by Gasteiger charge is -2.34. The van der Waals surface area contributed by atoms with E-state index >= 15 is 0 Å². The molecular weight excluding hydrogens is 533 g/mol. The number of hydrogen-bond donors (Lipinski definition) is 1. The van der Waals surface area contributed by atoms with Crippen molar-refractivity contribution in [3.05, 3.63) is 86.8 Å². The lowest BCUT2D eigenvalue weighted by Crippen LogP contribution is -2.48. The van der Waals surface area contributed by atoms with Gasteiger partial charge in [0.25, 0.3) is 5.56 Å². The van der Waals surface area contributed by atoms with Crippen molar-refractivity contribution in [1.29, 1.82) is 0 Å². The van der Waals surface area contributed by atoms with E-state index in [0.717, 1.165) is 12.0 Å². The molecule has 0 saturated carbocycles. The number of nitrogens with zero attached hydrogens (tertiary/aromatic N) is 4. The summed E-state index contributed by atoms with van der Waals surface area (Å²) >= 11 is 0. The topological polar surface area (TPSA) is 100 Å². The first-order valence-electron chi connectivity index (χ1n) is 13.7. The minimum Gasteiger partial charge on any atom is -0.349 e. The Balaban J connectivity index is 1.35. The van der Waals surface area contributed by atoms with Crippen LogP contribution in [0.2, 0.25) is 0 Å². The Hall–Kier alpha value is -3.54. The van der Waals surface area contributed by atoms with Crippen LogP contribution in [-0.4, -0.2) is 57.9 Å². The molecule has 3 heterocycles. The van der Waals surface area contributed by atoms with Crippen LogP contribution in [0.25, 0.3) is 22.3 Å². The number of halogens is 1. The summed E-state index contributed by atoms with van der Waals surface area (Å²) < 4.78 is 44.6. The highest BCUT2D eigenvalue weighted by molar-refractivity contribution is 7.89. The fourth-order valence-electron chi connectivity index (χ4n) is 5.28. The van der Waals surface area contributed by atoms with Gasteiger partial charge in [-0.1, -0.05) is 38.1 Å². The van der Waals surface area contributed by atoms with E-state index in [2.05, 4.69) is 9.88 Å². The van der Waals surface area contributed by atoms with Crippen LogP contribution >= 0.6 is 0 Å². The molecule has 0 atom stereocenters. The Morgan fingerprint density at radius 3 is 2.20 bits per heavy atom. The molecule has 1 saturated heterocycles. The maximum atomic E-state index is 13.5. The lowest BCUT2D eigenvalue weighted by molar-refractivity contribution is 0.181. The number of aromatic amines is 1. The minimum atomic E-state index is -3.69. The lowest BCUT2D eigenvalue weighted by atomic mass is 10.1. The van der Waals surface area contributed by atoms with Crippen molar-refractivity contribution < 1.29 is 12.8 Å². The van der Waals surface area contributed by atoms with Crippen LogP contribution in [0.4, 0.5) is 4.39 Å². The van der Waals surface area contributed by atoms with Crippen LogP contribution in [0.5, 0.6) is 0 Å². The van der Waals surface area contributed by atoms with Gasteiger partial charge in [-0.3, -0.25) is 18.8 Å². The van der Waals surface area contributed by atoms with Crippen molar-refractivity contribution >= 4 is 21.1 Å². The van der Waals surface area contributed by atoms with Crippen molar-refractivity contribution in [3.63, 3.8) is 0 Å². The average molecular weight is 568 g/mol. The molecule has 1 N–H and O–H groups in total. The molecule has 0 bridgehead atoms. The Labute approximate surface area is 232 Å². The molecule has 0 spiro atoms. The molecule has 2 aromatic carbocycles. The van der Waals surface area contributed by atoms with Crippen molar-refractivity contribution in [3.8, 4) is 11.3 Å². The first-order valence-corrected chi connectivity index (χ1v) is 15.1. The van der Waals surface area contributed by atoms with Crippen molar-refractivity contribution in [2.45, 2.75) is 51.2 Å². The van der Waals surface area contributed by atoms with Gasteiger partial charge < -0.3 is 4.98 Å². The van der Waals surface area contributed by atoms with E-state index in [4.69, 9.17) is 0 Å². The molecule has 40 heavy (non-hydrogen) atoms. The average Bonchev–Trinajstić information content (AvgIpc) is 3.39. The Kier molecular flexibility index (Phi) is 8.07. The van der Waals surface area contributed by atoms with Gasteiger partial charge in [-0.15, -0.1) is 0 Å². The van der Waals surface area contributed by atoms with Crippen LogP contribution in [-0.2, 0) is 29.7 Å². The van der Waals surface area contributed by atoms with Gasteiger partial charge in [0.15, 0.2) is 0 Å². The predicted molar refractivity (Wildman–Crippen MR) is 153 cm³/mol. The van der Waals surface area contributed by atoms with Gasteiger partial charge in [-0.05, 0) is 54.3 Å². The molecule has 0 aliphatic carbocycles. The molecule has 5 rings (SSSR count). The standard InChI is InChI=1S/C29H34FN5O4S/c1-3-12-34-26-19-25(31-27(26)28(36)35(13-4-2)29(34)37)22-8-10-24(11-9-22)40(38,39)33-16-14-32(15-17-33)20-21-6-5-7-23(30)18-21/h5-11,18-19,31H,3-4,12-17,20H2,1-2H3. The number of sulfonamides is 1. The fourth-order valence-corrected chi connectivity index (χ4v) is 6.71. The molecular formula is C29H34FN5O4S. The first kappa shape index (κ1) is 28.0. The quantitative estimate of drug-likeness (QED) is 0.333. The highest BCUT2D eigenvalue weighted by atomic mass is 32.2. The first-order chi connectivity index (χ1) is 19.2. The summed E-state index contributed by atoms with van der Waals surface area (Å²) in [5, 5.41) is 0. The zero-order valence-electron chi connectivity index (χ0n) is 22.8. The van der Waals surface area contributed by atoms with Gasteiger partial charge in [-0.2, -0.15) is 4.31 Å². The number of piperazine rings is 1. The summed E-state index contributed by atoms with van der Waals surface area (Å²) in [5.41, 5.74) is 2.46. The summed E-state index contributed by atoms with van der Waals surface area (Å²) in [6.07, 6.45) is 1.41. The summed E-state index contributed by atoms with van der Waals surface area (Å²) in [6, 6.07) is 14.8. The molecule has 212 valence electrons. The van der Waals surface area contributed by atoms with Gasteiger partial charge in [0.2, 0.25) is 10.0 Å². The number of rotatable bonds is 9. The number of hydrogen-bond acceptors (Lipinski definition) is 5. The Bertz CT molecular complexity index is 1730. The largest absolute Gasteiger partial charge is 0.349 e. The summed E-state index contributed by atoms with van der Waals surface area (Å²) in [5.74, 6) is -0.279. The van der Waals surface area contributed by atoms with E-state index in [1.165, 1.54) is 21.0 Å². The Morgan fingerprint density at radius 2 is 1.55 bits per heavy atom. The SMILES string of the molecule is CCCn1c(=O)c2[nH]c(-c3ccc(S(=O)(=O)N4CCN(Cc5cccc(F)c5)CC4)cc3)cc2n(CCC)c1=O. The Morgan fingerprint density at radius 1 is 0.875 bits per heavy atom. The summed E-state index contributed by atoms with van der Waals surface area (Å²) in [4.78, 5) is 31.5. The molecule has 1 aliphatic rings. The van der Waals surface area contributed by atoms with Crippen molar-refractivity contribution in [2.75, 3.05) is 26.2 Å². The zero-order valence-corrected chi connectivity index (χ0v) is 23.6. The molecule has 0 amide bonds. The molecule has 9 nitrogen and oxygen atoms in total. The molecule has 0 unspecified atom stereocenters. The number of benzene rings is 2. The molecule has 1 aliphatic heterocycles. The van der Waals surface area contributed by atoms with Gasteiger partial charge in [-0.25, -0.2) is 17.6 Å². The number of aromatic nitrogens is 3. The van der Waals surface area contributed by atoms with E-state index in [0.29, 0.717) is 74.5 Å². The molecule has 11 heteroatoms. The number of nitrogens with one attached hydrogen (secondary N) is 1. The van der Waals surface area contributed by atoms with E-state index in [1.807, 2.05) is 19.9 Å². The van der Waals surface area contributed by atoms with Crippen LogP contribution in [0.3, 0.4) is 0 Å². The molecule has 4 aromatic rings. The minimum absolute atomic E-state index is 0.194. The van der Waals surface area contributed by atoms with E-state index < -0.39 is 10.0 Å². The highest BCUT2D eigenvalue weighted by Crippen LogP contribution is 2.25. The van der Waals surface area contributed by atoms with Crippen LogP contribution in [0.1, 0.15) is 32.3 Å². The van der Waals surface area contributed by atoms with E-state index in [1.54, 1.807) is 41.0 Å². The van der Waals surface area contributed by atoms with Crippen molar-refractivity contribution in [1.82, 2.24) is 23.3 Å². The van der Waals surface area contributed by atoms with Crippen LogP contribution in [0, 0.1) is 5.82 Å². The second-order valence-corrected chi connectivity index (χ2v) is 12.1. The van der Waals surface area contributed by atoms with Crippen molar-refractivity contribution in [2.24, 2.45) is 0 Å². The molecule has 1 fully saturated rings. The van der Waals surface area contributed by atoms with Crippen LogP contribution < -0.4 is 11.2 Å². The predicted octanol–water partition coefficient (Wildman–Crippen LogP) is 3.62. The van der Waals surface area contributed by atoms with Gasteiger partial charge in [0.05, 0.1) is 10.4 Å². The summed E-state index contributed by atoms with van der Waals surface area (Å²) in [6.45, 7) is 7.10. The number of fused-ring (bicyclic) bond motifs is 1. The monoisotopic (exact) mass is 567 g/mol. The second kappa shape index (κ2) is 11.5. The van der Waals surface area contributed by atoms with Crippen LogP contribution in [0.15, 0.2) is 69.1 Å². The summed E-state index contributed by atoms with van der Waals surface area (Å²) in [7, 11) is -3.69. The maximum Gasteiger partial charge on any atom is 0.331 e. The smallest absolute Gasteiger partial charge is 0.331 e.